The molecule has 0 saturated heterocycles. The van der Waals surface area contributed by atoms with Gasteiger partial charge >= 0.3 is 5.97 Å². The first-order chi connectivity index (χ1) is 11.5. The molecule has 124 valence electrons. The van der Waals surface area contributed by atoms with Crippen LogP contribution in [0.25, 0.3) is 0 Å². The highest BCUT2D eigenvalue weighted by molar-refractivity contribution is 6.00. The Morgan fingerprint density at radius 3 is 2.33 bits per heavy atom. The van der Waals surface area contributed by atoms with Crippen LogP contribution in [0.1, 0.15) is 47.3 Å². The standard InChI is InChI=1S/C20H21NO3/c1-13(2)12-21-18(14-8-4-3-5-9-14)17(20(23)24)15-10-6-7-11-16(15)19(21)22/h3-11,13,17-18H,12H2,1-2H3,(H,23,24)/t17-,18-/m0/s1. The number of rotatable bonds is 4. The molecule has 0 fully saturated rings. The van der Waals surface area contributed by atoms with Crippen molar-refractivity contribution in [1.82, 2.24) is 4.90 Å². The highest BCUT2D eigenvalue weighted by atomic mass is 16.4. The lowest BCUT2D eigenvalue weighted by atomic mass is 9.79. The third kappa shape index (κ3) is 2.80. The lowest BCUT2D eigenvalue weighted by Gasteiger charge is -2.41. The van der Waals surface area contributed by atoms with Crippen molar-refractivity contribution in [3.63, 3.8) is 0 Å². The van der Waals surface area contributed by atoms with Gasteiger partial charge in [0.25, 0.3) is 5.91 Å². The van der Waals surface area contributed by atoms with Gasteiger partial charge in [0.15, 0.2) is 0 Å². The summed E-state index contributed by atoms with van der Waals surface area (Å²) < 4.78 is 0. The third-order valence-corrected chi connectivity index (χ3v) is 4.41. The van der Waals surface area contributed by atoms with Crippen LogP contribution >= 0.6 is 0 Å². The zero-order chi connectivity index (χ0) is 17.3. The number of nitrogens with zero attached hydrogens (tertiary/aromatic N) is 1. The molecule has 2 atom stereocenters. The first-order valence-electron chi connectivity index (χ1n) is 8.18. The third-order valence-electron chi connectivity index (χ3n) is 4.41. The fraction of sp³-hybridized carbons (Fsp3) is 0.300. The fourth-order valence-electron chi connectivity index (χ4n) is 3.47. The van der Waals surface area contributed by atoms with Crippen molar-refractivity contribution in [2.75, 3.05) is 6.54 Å². The Morgan fingerprint density at radius 1 is 1.08 bits per heavy atom. The quantitative estimate of drug-likeness (QED) is 0.933. The molecular weight excluding hydrogens is 302 g/mol. The van der Waals surface area contributed by atoms with E-state index in [-0.39, 0.29) is 11.8 Å². The molecule has 4 nitrogen and oxygen atoms in total. The van der Waals surface area contributed by atoms with Gasteiger partial charge in [-0.15, -0.1) is 0 Å². The van der Waals surface area contributed by atoms with Crippen molar-refractivity contribution >= 4 is 11.9 Å². The first-order valence-corrected chi connectivity index (χ1v) is 8.18. The van der Waals surface area contributed by atoms with Crippen LogP contribution in [0.4, 0.5) is 0 Å². The predicted molar refractivity (Wildman–Crippen MR) is 91.9 cm³/mol. The van der Waals surface area contributed by atoms with Crippen LogP contribution in [-0.2, 0) is 4.79 Å². The molecule has 1 N–H and O–H groups in total. The summed E-state index contributed by atoms with van der Waals surface area (Å²) >= 11 is 0. The Morgan fingerprint density at radius 2 is 1.71 bits per heavy atom. The highest BCUT2D eigenvalue weighted by Crippen LogP contribution is 2.43. The molecule has 0 bridgehead atoms. The SMILES string of the molecule is CC(C)CN1C(=O)c2ccccc2[C@H](C(=O)O)[C@@H]1c1ccccc1. The topological polar surface area (TPSA) is 57.6 Å². The van der Waals surface area contributed by atoms with Crippen molar-refractivity contribution in [3.05, 3.63) is 71.3 Å². The molecule has 3 rings (SSSR count). The van der Waals surface area contributed by atoms with E-state index in [1.807, 2.05) is 44.2 Å². The summed E-state index contributed by atoms with van der Waals surface area (Å²) in [6.07, 6.45) is 0. The Bertz CT molecular complexity index is 754. The Kier molecular flexibility index (Phi) is 4.38. The predicted octanol–water partition coefficient (Wildman–Crippen LogP) is 3.71. The zero-order valence-corrected chi connectivity index (χ0v) is 13.8. The van der Waals surface area contributed by atoms with Gasteiger partial charge < -0.3 is 10.0 Å². The number of aliphatic carboxylic acids is 1. The maximum Gasteiger partial charge on any atom is 0.313 e. The van der Waals surface area contributed by atoms with Crippen LogP contribution < -0.4 is 0 Å². The molecule has 1 aliphatic heterocycles. The molecule has 1 amide bonds. The van der Waals surface area contributed by atoms with E-state index in [0.717, 1.165) is 5.56 Å². The summed E-state index contributed by atoms with van der Waals surface area (Å²) in [5.41, 5.74) is 1.95. The van der Waals surface area contributed by atoms with Gasteiger partial charge in [-0.3, -0.25) is 9.59 Å². The lowest BCUT2D eigenvalue weighted by Crippen LogP contribution is -2.46. The minimum atomic E-state index is -0.905. The molecular formula is C20H21NO3. The van der Waals surface area contributed by atoms with Crippen molar-refractivity contribution in [2.45, 2.75) is 25.8 Å². The summed E-state index contributed by atoms with van der Waals surface area (Å²) in [5, 5.41) is 9.92. The van der Waals surface area contributed by atoms with E-state index in [1.54, 1.807) is 29.2 Å². The Labute approximate surface area is 141 Å². The molecule has 0 spiro atoms. The van der Waals surface area contributed by atoms with Gasteiger partial charge in [-0.25, -0.2) is 0 Å². The molecule has 4 heteroatoms. The Balaban J connectivity index is 2.20. The number of hydrogen-bond donors (Lipinski definition) is 1. The number of carbonyl (C=O) groups excluding carboxylic acids is 1. The van der Waals surface area contributed by atoms with Gasteiger partial charge in [0, 0.05) is 12.1 Å². The van der Waals surface area contributed by atoms with Crippen molar-refractivity contribution in [2.24, 2.45) is 5.92 Å². The molecule has 0 saturated carbocycles. The summed E-state index contributed by atoms with van der Waals surface area (Å²) in [4.78, 5) is 26.9. The summed E-state index contributed by atoms with van der Waals surface area (Å²) in [6, 6.07) is 16.0. The molecule has 24 heavy (non-hydrogen) atoms. The maximum atomic E-state index is 13.0. The minimum absolute atomic E-state index is 0.0920. The number of carboxylic acid groups (broad SMARTS) is 1. The van der Waals surface area contributed by atoms with Crippen molar-refractivity contribution in [1.29, 1.82) is 0 Å². The number of carboxylic acids is 1. The first kappa shape index (κ1) is 16.2. The van der Waals surface area contributed by atoms with Crippen LogP contribution in [-0.4, -0.2) is 28.4 Å². The van der Waals surface area contributed by atoms with E-state index in [1.165, 1.54) is 0 Å². The molecule has 1 aliphatic rings. The second-order valence-electron chi connectivity index (χ2n) is 6.61. The average Bonchev–Trinajstić information content (AvgIpc) is 2.57. The number of benzene rings is 2. The van der Waals surface area contributed by atoms with Crippen LogP contribution in [0.2, 0.25) is 0 Å². The molecule has 0 unspecified atom stereocenters. The van der Waals surface area contributed by atoms with Gasteiger partial charge in [-0.2, -0.15) is 0 Å². The molecule has 1 heterocycles. The smallest absolute Gasteiger partial charge is 0.313 e. The van der Waals surface area contributed by atoms with Crippen LogP contribution in [0.3, 0.4) is 0 Å². The normalized spacial score (nSPS) is 20.1. The summed E-state index contributed by atoms with van der Waals surface area (Å²) in [7, 11) is 0. The highest BCUT2D eigenvalue weighted by Gasteiger charge is 2.44. The second-order valence-corrected chi connectivity index (χ2v) is 6.61. The van der Waals surface area contributed by atoms with Crippen LogP contribution in [0.5, 0.6) is 0 Å². The van der Waals surface area contributed by atoms with Gasteiger partial charge in [0.1, 0.15) is 5.92 Å². The van der Waals surface area contributed by atoms with Crippen molar-refractivity contribution in [3.8, 4) is 0 Å². The lowest BCUT2D eigenvalue weighted by molar-refractivity contribution is -0.140. The molecule has 2 aromatic rings. The second kappa shape index (κ2) is 6.48. The molecule has 0 radical (unpaired) electrons. The number of carbonyl (C=O) groups is 2. The van der Waals surface area contributed by atoms with Gasteiger partial charge in [0.2, 0.25) is 0 Å². The molecule has 0 aliphatic carbocycles. The molecule has 0 aromatic heterocycles. The maximum absolute atomic E-state index is 13.0. The van der Waals surface area contributed by atoms with Crippen LogP contribution in [0, 0.1) is 5.92 Å². The monoisotopic (exact) mass is 323 g/mol. The van der Waals surface area contributed by atoms with E-state index in [4.69, 9.17) is 0 Å². The largest absolute Gasteiger partial charge is 0.481 e. The molecule has 2 aromatic carbocycles. The minimum Gasteiger partial charge on any atom is -0.481 e. The van der Waals surface area contributed by atoms with E-state index in [0.29, 0.717) is 17.7 Å². The van der Waals surface area contributed by atoms with Gasteiger partial charge in [0.05, 0.1) is 6.04 Å². The van der Waals surface area contributed by atoms with E-state index < -0.39 is 17.9 Å². The van der Waals surface area contributed by atoms with E-state index >= 15 is 0 Å². The average molecular weight is 323 g/mol. The fourth-order valence-corrected chi connectivity index (χ4v) is 3.47. The number of hydrogen-bond acceptors (Lipinski definition) is 2. The van der Waals surface area contributed by atoms with Gasteiger partial charge in [-0.05, 0) is 23.1 Å². The summed E-state index contributed by atoms with van der Waals surface area (Å²) in [5.74, 6) is -1.51. The zero-order valence-electron chi connectivity index (χ0n) is 13.8. The van der Waals surface area contributed by atoms with Crippen molar-refractivity contribution < 1.29 is 14.7 Å². The van der Waals surface area contributed by atoms with E-state index in [9.17, 15) is 14.7 Å². The van der Waals surface area contributed by atoms with Gasteiger partial charge in [-0.1, -0.05) is 62.4 Å². The van der Waals surface area contributed by atoms with Crippen LogP contribution in [0.15, 0.2) is 54.6 Å². The number of fused-ring (bicyclic) bond motifs is 1. The van der Waals surface area contributed by atoms with E-state index in [2.05, 4.69) is 0 Å². The summed E-state index contributed by atoms with van der Waals surface area (Å²) in [6.45, 7) is 4.59. The Hall–Kier alpha value is -2.62. The number of amides is 1.